The molecule has 2 N–H and O–H groups in total. The number of rotatable bonds is 8. The van der Waals surface area contributed by atoms with Crippen LogP contribution in [0.4, 0.5) is 0 Å². The normalized spacial score (nSPS) is 11.6. The molecule has 1 atom stereocenters. The molecule has 0 fully saturated rings. The summed E-state index contributed by atoms with van der Waals surface area (Å²) in [5.41, 5.74) is 1.45. The molecular formula is C21H25ClN2O3. The third-order valence-electron chi connectivity index (χ3n) is 4.15. The summed E-state index contributed by atoms with van der Waals surface area (Å²) in [6, 6.07) is 17.4. The van der Waals surface area contributed by atoms with E-state index in [9.17, 15) is 4.79 Å². The molecule has 0 saturated heterocycles. The molecule has 2 aromatic carbocycles. The molecule has 5 nitrogen and oxygen atoms in total. The van der Waals surface area contributed by atoms with Crippen LogP contribution in [0.15, 0.2) is 59.0 Å². The van der Waals surface area contributed by atoms with Crippen molar-refractivity contribution in [2.24, 2.45) is 0 Å². The average molecular weight is 389 g/mol. The molecule has 0 aliphatic heterocycles. The molecule has 144 valence electrons. The lowest BCUT2D eigenvalue weighted by Crippen LogP contribution is -2.38. The van der Waals surface area contributed by atoms with E-state index in [1.54, 1.807) is 0 Å². The van der Waals surface area contributed by atoms with E-state index >= 15 is 0 Å². The van der Waals surface area contributed by atoms with Crippen molar-refractivity contribution in [1.29, 1.82) is 0 Å². The molecule has 0 bridgehead atoms. The number of amides is 1. The van der Waals surface area contributed by atoms with Crippen LogP contribution in [0.2, 0.25) is 0 Å². The van der Waals surface area contributed by atoms with Crippen LogP contribution in [0.5, 0.6) is 5.75 Å². The minimum Gasteiger partial charge on any atom is -0.489 e. The van der Waals surface area contributed by atoms with Crippen molar-refractivity contribution < 1.29 is 13.9 Å². The Morgan fingerprint density at radius 2 is 1.81 bits per heavy atom. The highest BCUT2D eigenvalue weighted by Gasteiger charge is 2.21. The maximum atomic E-state index is 12.7. The van der Waals surface area contributed by atoms with Gasteiger partial charge in [-0.05, 0) is 31.7 Å². The second kappa shape index (κ2) is 10.00. The van der Waals surface area contributed by atoms with Crippen LogP contribution in [-0.2, 0) is 6.61 Å². The van der Waals surface area contributed by atoms with E-state index in [0.717, 1.165) is 23.2 Å². The number of hydrogen-bond donors (Lipinski definition) is 2. The first-order chi connectivity index (χ1) is 12.7. The monoisotopic (exact) mass is 388 g/mol. The SMILES string of the molecule is CCN[C@H](C)CNC(=O)c1oc2ccccc2c1COc1ccccc1.Cl. The van der Waals surface area contributed by atoms with Crippen LogP contribution in [0, 0.1) is 0 Å². The van der Waals surface area contributed by atoms with Gasteiger partial charge in [0.15, 0.2) is 5.76 Å². The fourth-order valence-corrected chi connectivity index (χ4v) is 2.84. The van der Waals surface area contributed by atoms with E-state index in [1.807, 2.05) is 68.4 Å². The summed E-state index contributed by atoms with van der Waals surface area (Å²) >= 11 is 0. The number of carbonyl (C=O) groups is 1. The predicted molar refractivity (Wildman–Crippen MR) is 110 cm³/mol. The Morgan fingerprint density at radius 3 is 2.56 bits per heavy atom. The van der Waals surface area contributed by atoms with Gasteiger partial charge in [0.2, 0.25) is 0 Å². The van der Waals surface area contributed by atoms with E-state index in [-0.39, 0.29) is 31.0 Å². The molecule has 1 aromatic heterocycles. The summed E-state index contributed by atoms with van der Waals surface area (Å²) in [6.07, 6.45) is 0. The zero-order valence-corrected chi connectivity index (χ0v) is 16.3. The fraction of sp³-hybridized carbons (Fsp3) is 0.286. The molecule has 27 heavy (non-hydrogen) atoms. The average Bonchev–Trinajstić information content (AvgIpc) is 3.04. The molecule has 0 aliphatic carbocycles. The third-order valence-corrected chi connectivity index (χ3v) is 4.15. The van der Waals surface area contributed by atoms with Crippen molar-refractivity contribution in [3.63, 3.8) is 0 Å². The van der Waals surface area contributed by atoms with E-state index < -0.39 is 0 Å². The lowest BCUT2D eigenvalue weighted by Gasteiger charge is -2.13. The molecule has 0 unspecified atom stereocenters. The molecular weight excluding hydrogens is 364 g/mol. The second-order valence-electron chi connectivity index (χ2n) is 6.18. The van der Waals surface area contributed by atoms with Gasteiger partial charge in [-0.3, -0.25) is 4.79 Å². The van der Waals surface area contributed by atoms with Gasteiger partial charge in [-0.2, -0.15) is 0 Å². The molecule has 1 amide bonds. The van der Waals surface area contributed by atoms with Gasteiger partial charge in [-0.1, -0.05) is 43.3 Å². The summed E-state index contributed by atoms with van der Waals surface area (Å²) in [5.74, 6) is 0.841. The zero-order chi connectivity index (χ0) is 18.4. The smallest absolute Gasteiger partial charge is 0.287 e. The molecule has 0 saturated carbocycles. The number of nitrogens with one attached hydrogen (secondary N) is 2. The van der Waals surface area contributed by atoms with Gasteiger partial charge < -0.3 is 19.8 Å². The molecule has 0 spiro atoms. The van der Waals surface area contributed by atoms with Crippen molar-refractivity contribution in [3.05, 3.63) is 65.9 Å². The lowest BCUT2D eigenvalue weighted by molar-refractivity contribution is 0.0921. The zero-order valence-electron chi connectivity index (χ0n) is 15.5. The highest BCUT2D eigenvalue weighted by molar-refractivity contribution is 5.99. The molecule has 3 rings (SSSR count). The minimum atomic E-state index is -0.224. The number of carbonyl (C=O) groups excluding carboxylic acids is 1. The van der Waals surface area contributed by atoms with Crippen molar-refractivity contribution in [2.75, 3.05) is 13.1 Å². The third kappa shape index (κ3) is 5.25. The number of ether oxygens (including phenoxy) is 1. The molecule has 1 heterocycles. The van der Waals surface area contributed by atoms with Crippen molar-refractivity contribution in [1.82, 2.24) is 10.6 Å². The first-order valence-corrected chi connectivity index (χ1v) is 8.89. The Labute approximate surface area is 165 Å². The largest absolute Gasteiger partial charge is 0.489 e. The molecule has 0 radical (unpaired) electrons. The highest BCUT2D eigenvalue weighted by atomic mass is 35.5. The maximum Gasteiger partial charge on any atom is 0.287 e. The first-order valence-electron chi connectivity index (χ1n) is 8.89. The van der Waals surface area contributed by atoms with Crippen LogP contribution >= 0.6 is 12.4 Å². The number of para-hydroxylation sites is 2. The van der Waals surface area contributed by atoms with Gasteiger partial charge >= 0.3 is 0 Å². The molecule has 3 aromatic rings. The van der Waals surface area contributed by atoms with Gasteiger partial charge in [0.1, 0.15) is 17.9 Å². The summed E-state index contributed by atoms with van der Waals surface area (Å²) in [5, 5.41) is 7.10. The Bertz CT molecular complexity index is 864. The van der Waals surface area contributed by atoms with Crippen LogP contribution < -0.4 is 15.4 Å². The van der Waals surface area contributed by atoms with Crippen LogP contribution in [0.3, 0.4) is 0 Å². The lowest BCUT2D eigenvalue weighted by atomic mass is 10.1. The Balaban J connectivity index is 0.00000261. The first kappa shape index (κ1) is 20.8. The fourth-order valence-electron chi connectivity index (χ4n) is 2.84. The highest BCUT2D eigenvalue weighted by Crippen LogP contribution is 2.27. The quantitative estimate of drug-likeness (QED) is 0.608. The minimum absolute atomic E-state index is 0. The van der Waals surface area contributed by atoms with E-state index in [0.29, 0.717) is 17.9 Å². The van der Waals surface area contributed by atoms with Crippen molar-refractivity contribution in [3.8, 4) is 5.75 Å². The molecule has 6 heteroatoms. The van der Waals surface area contributed by atoms with Gasteiger partial charge in [0.05, 0.1) is 0 Å². The number of furan rings is 1. The Hall–Kier alpha value is -2.50. The second-order valence-corrected chi connectivity index (χ2v) is 6.18. The van der Waals surface area contributed by atoms with E-state index in [1.165, 1.54) is 0 Å². The summed E-state index contributed by atoms with van der Waals surface area (Å²) in [4.78, 5) is 12.7. The van der Waals surface area contributed by atoms with Crippen molar-refractivity contribution >= 4 is 29.3 Å². The number of fused-ring (bicyclic) bond motifs is 1. The summed E-state index contributed by atoms with van der Waals surface area (Å²) in [7, 11) is 0. The summed E-state index contributed by atoms with van der Waals surface area (Å²) < 4.78 is 11.7. The Morgan fingerprint density at radius 1 is 1.11 bits per heavy atom. The summed E-state index contributed by atoms with van der Waals surface area (Å²) in [6.45, 7) is 5.73. The number of halogens is 1. The molecule has 0 aliphatic rings. The number of likely N-dealkylation sites (N-methyl/N-ethyl adjacent to an activating group) is 1. The topological polar surface area (TPSA) is 63.5 Å². The van der Waals surface area contributed by atoms with E-state index in [2.05, 4.69) is 10.6 Å². The Kier molecular flexibility index (Phi) is 7.70. The van der Waals surface area contributed by atoms with Crippen molar-refractivity contribution in [2.45, 2.75) is 26.5 Å². The van der Waals surface area contributed by atoms with E-state index in [4.69, 9.17) is 9.15 Å². The van der Waals surface area contributed by atoms with Gasteiger partial charge in [0.25, 0.3) is 5.91 Å². The number of benzene rings is 2. The van der Waals surface area contributed by atoms with Crippen LogP contribution in [0.25, 0.3) is 11.0 Å². The maximum absolute atomic E-state index is 12.7. The van der Waals surface area contributed by atoms with Gasteiger partial charge in [-0.25, -0.2) is 0 Å². The van der Waals surface area contributed by atoms with Gasteiger partial charge in [0, 0.05) is 23.5 Å². The predicted octanol–water partition coefficient (Wildman–Crippen LogP) is 4.16. The van der Waals surface area contributed by atoms with Crippen LogP contribution in [-0.4, -0.2) is 25.0 Å². The van der Waals surface area contributed by atoms with Crippen LogP contribution in [0.1, 0.15) is 30.0 Å². The number of hydrogen-bond acceptors (Lipinski definition) is 4. The standard InChI is InChI=1S/C21H24N2O3.ClH/c1-3-22-15(2)13-23-21(24)20-18(14-25-16-9-5-4-6-10-16)17-11-7-8-12-19(17)26-20;/h4-12,15,22H,3,13-14H2,1-2H3,(H,23,24);1H/t15-;/m1./s1. The van der Waals surface area contributed by atoms with Gasteiger partial charge in [-0.15, -0.1) is 12.4 Å².